The van der Waals surface area contributed by atoms with Crippen molar-refractivity contribution in [3.63, 3.8) is 0 Å². The molecule has 5 N–H and O–H groups in total. The maximum absolute atomic E-state index is 15.6. The summed E-state index contributed by atoms with van der Waals surface area (Å²) in [5.74, 6) is -6.16. The van der Waals surface area contributed by atoms with Crippen molar-refractivity contribution in [1.29, 1.82) is 5.41 Å². The number of esters is 1. The van der Waals surface area contributed by atoms with Gasteiger partial charge in [0.05, 0.1) is 12.8 Å². The van der Waals surface area contributed by atoms with Crippen molar-refractivity contribution < 1.29 is 38.0 Å². The van der Waals surface area contributed by atoms with E-state index in [1.807, 2.05) is 4.90 Å². The number of halogens is 2. The molecule has 0 amide bonds. The SMILES string of the molecule is CCOC(=O)c1cnc(Sc2ccc(Oc3c(F)cnc(Oc4cc(C(=N)N)ccc4O)c3F)c(C3N=CCN3C)c2)nc1O. The first-order valence-corrected chi connectivity index (χ1v) is 14.0. The van der Waals surface area contributed by atoms with Gasteiger partial charge in [0.2, 0.25) is 17.4 Å². The molecular formula is C29H25F2N7O6S. The molecule has 13 nitrogen and oxygen atoms in total. The van der Waals surface area contributed by atoms with Crippen molar-refractivity contribution in [3.05, 3.63) is 77.1 Å². The second kappa shape index (κ2) is 13.1. The van der Waals surface area contributed by atoms with Crippen molar-refractivity contribution in [2.24, 2.45) is 10.7 Å². The predicted molar refractivity (Wildman–Crippen MR) is 158 cm³/mol. The van der Waals surface area contributed by atoms with Gasteiger partial charge in [0.1, 0.15) is 23.3 Å². The summed E-state index contributed by atoms with van der Waals surface area (Å²) in [6, 6.07) is 8.52. The number of hydrogen-bond donors (Lipinski definition) is 4. The minimum atomic E-state index is -1.29. The molecule has 232 valence electrons. The van der Waals surface area contributed by atoms with Crippen LogP contribution < -0.4 is 15.2 Å². The van der Waals surface area contributed by atoms with Crippen molar-refractivity contribution >= 4 is 29.8 Å². The molecule has 1 aliphatic heterocycles. The Hall–Kier alpha value is -5.35. The number of aromatic nitrogens is 3. The molecule has 2 aromatic heterocycles. The van der Waals surface area contributed by atoms with E-state index in [0.717, 1.165) is 18.0 Å². The highest BCUT2D eigenvalue weighted by molar-refractivity contribution is 7.99. The third kappa shape index (κ3) is 6.76. The number of nitrogens with zero attached hydrogens (tertiary/aromatic N) is 5. The summed E-state index contributed by atoms with van der Waals surface area (Å²) in [7, 11) is 1.80. The quantitative estimate of drug-likeness (QED) is 0.0808. The van der Waals surface area contributed by atoms with Crippen molar-refractivity contribution in [2.75, 3.05) is 20.2 Å². The van der Waals surface area contributed by atoms with E-state index < -0.39 is 47.0 Å². The van der Waals surface area contributed by atoms with Crippen LogP contribution in [0.5, 0.6) is 34.8 Å². The van der Waals surface area contributed by atoms with Gasteiger partial charge in [0.15, 0.2) is 22.5 Å². The molecule has 0 fully saturated rings. The number of ether oxygens (including phenoxy) is 3. The van der Waals surface area contributed by atoms with Crippen LogP contribution in [0.3, 0.4) is 0 Å². The number of benzene rings is 2. The van der Waals surface area contributed by atoms with Crippen molar-refractivity contribution in [2.45, 2.75) is 23.1 Å². The van der Waals surface area contributed by atoms with Gasteiger partial charge in [-0.3, -0.25) is 15.3 Å². The number of carbonyl (C=O) groups is 1. The standard InChI is InChI=1S/C29H25F2N7O6S/c1-3-42-28(41)17-12-36-29(37-26(17)40)45-15-5-7-20(16(11-15)25-34-8-9-38(25)2)43-23-18(30)13-35-27(22(23)31)44-21-10-14(24(32)33)4-6-19(21)39/h4-8,10-13,25,39H,3,9H2,1-2H3,(H3,32,33)(H,36,37,40). The maximum Gasteiger partial charge on any atom is 0.345 e. The number of nitrogens with two attached hydrogens (primary N) is 1. The Balaban J connectivity index is 1.46. The first-order valence-electron chi connectivity index (χ1n) is 13.2. The van der Waals surface area contributed by atoms with E-state index in [-0.39, 0.29) is 40.2 Å². The molecule has 2 aromatic carbocycles. The number of nitrogens with one attached hydrogen (secondary N) is 1. The van der Waals surface area contributed by atoms with Crippen molar-refractivity contribution in [1.82, 2.24) is 19.9 Å². The van der Waals surface area contributed by atoms with Crippen LogP contribution in [0.15, 0.2) is 63.8 Å². The van der Waals surface area contributed by atoms with E-state index >= 15 is 4.39 Å². The van der Waals surface area contributed by atoms with E-state index in [4.69, 9.17) is 25.4 Å². The minimum absolute atomic E-state index is 0.0630. The molecule has 0 bridgehead atoms. The third-order valence-corrected chi connectivity index (χ3v) is 7.20. The summed E-state index contributed by atoms with van der Waals surface area (Å²) in [4.78, 5) is 30.6. The number of phenols is 1. The van der Waals surface area contributed by atoms with Crippen LogP contribution in [0.25, 0.3) is 0 Å². The molecule has 0 saturated heterocycles. The Bertz CT molecular complexity index is 1830. The summed E-state index contributed by atoms with van der Waals surface area (Å²) >= 11 is 1.05. The monoisotopic (exact) mass is 637 g/mol. The Morgan fingerprint density at radius 2 is 1.93 bits per heavy atom. The molecular weight excluding hydrogens is 612 g/mol. The lowest BCUT2D eigenvalue weighted by Crippen LogP contribution is -2.19. The zero-order valence-electron chi connectivity index (χ0n) is 23.7. The van der Waals surface area contributed by atoms with Crippen LogP contribution in [0.2, 0.25) is 0 Å². The van der Waals surface area contributed by atoms with E-state index in [2.05, 4.69) is 19.9 Å². The average Bonchev–Trinajstić information content (AvgIpc) is 3.43. The van der Waals surface area contributed by atoms with Gasteiger partial charge in [-0.05, 0) is 62.1 Å². The number of rotatable bonds is 10. The Morgan fingerprint density at radius 1 is 1.13 bits per heavy atom. The fraction of sp³-hybridized carbons (Fsp3) is 0.172. The number of hydrogen-bond acceptors (Lipinski definition) is 13. The Morgan fingerprint density at radius 3 is 2.62 bits per heavy atom. The molecule has 16 heteroatoms. The van der Waals surface area contributed by atoms with Gasteiger partial charge in [-0.25, -0.2) is 19.2 Å². The maximum atomic E-state index is 15.6. The number of aliphatic imine (C=N–C) groups is 1. The second-order valence-corrected chi connectivity index (χ2v) is 10.5. The van der Waals surface area contributed by atoms with Crippen LogP contribution in [0.1, 0.15) is 34.6 Å². The fourth-order valence-electron chi connectivity index (χ4n) is 4.13. The fourth-order valence-corrected chi connectivity index (χ4v) is 4.90. The molecule has 45 heavy (non-hydrogen) atoms. The van der Waals surface area contributed by atoms with E-state index in [0.29, 0.717) is 23.2 Å². The summed E-state index contributed by atoms with van der Waals surface area (Å²) in [5.41, 5.74) is 5.94. The lowest BCUT2D eigenvalue weighted by atomic mass is 10.1. The smallest absolute Gasteiger partial charge is 0.345 e. The lowest BCUT2D eigenvalue weighted by molar-refractivity contribution is 0.0521. The third-order valence-electron chi connectivity index (χ3n) is 6.33. The first-order chi connectivity index (χ1) is 21.5. The average molecular weight is 638 g/mol. The second-order valence-electron chi connectivity index (χ2n) is 9.41. The summed E-state index contributed by atoms with van der Waals surface area (Å²) in [5, 5.41) is 28.1. The van der Waals surface area contributed by atoms with E-state index in [1.54, 1.807) is 32.3 Å². The number of carbonyl (C=O) groups excluding carboxylic acids is 1. The summed E-state index contributed by atoms with van der Waals surface area (Å²) in [6.07, 6.45) is 2.97. The Kier molecular flexibility index (Phi) is 9.06. The van der Waals surface area contributed by atoms with Gasteiger partial charge in [-0.2, -0.15) is 9.37 Å². The van der Waals surface area contributed by atoms with Gasteiger partial charge in [0.25, 0.3) is 5.88 Å². The van der Waals surface area contributed by atoms with Gasteiger partial charge in [-0.1, -0.05) is 0 Å². The predicted octanol–water partition coefficient (Wildman–Crippen LogP) is 4.77. The molecule has 1 atom stereocenters. The first kappa shape index (κ1) is 31.1. The van der Waals surface area contributed by atoms with Gasteiger partial charge >= 0.3 is 5.97 Å². The molecule has 0 saturated carbocycles. The molecule has 1 unspecified atom stereocenters. The molecule has 0 radical (unpaired) electrons. The molecule has 1 aliphatic rings. The number of pyridine rings is 1. The van der Waals surface area contributed by atoms with Crippen LogP contribution in [0, 0.1) is 17.0 Å². The number of aromatic hydroxyl groups is 2. The number of phenolic OH excluding ortho intramolecular Hbond substituents is 1. The topological polar surface area (TPSA) is 189 Å². The molecule has 4 aromatic rings. The summed E-state index contributed by atoms with van der Waals surface area (Å²) < 4.78 is 46.6. The molecule has 0 aliphatic carbocycles. The Labute approximate surface area is 258 Å². The van der Waals surface area contributed by atoms with Crippen LogP contribution in [-0.4, -0.2) is 68.3 Å². The van der Waals surface area contributed by atoms with Gasteiger partial charge in [-0.15, -0.1) is 0 Å². The summed E-state index contributed by atoms with van der Waals surface area (Å²) in [6.45, 7) is 2.25. The highest BCUT2D eigenvalue weighted by Gasteiger charge is 2.27. The van der Waals surface area contributed by atoms with E-state index in [1.165, 1.54) is 24.3 Å². The van der Waals surface area contributed by atoms with Crippen LogP contribution in [-0.2, 0) is 4.74 Å². The molecule has 5 rings (SSSR count). The molecule has 0 spiro atoms. The van der Waals surface area contributed by atoms with E-state index in [9.17, 15) is 19.4 Å². The normalized spacial score (nSPS) is 14.4. The van der Waals surface area contributed by atoms with Crippen LogP contribution in [0.4, 0.5) is 8.78 Å². The molecule has 3 heterocycles. The van der Waals surface area contributed by atoms with Crippen molar-refractivity contribution in [3.8, 4) is 34.8 Å². The lowest BCUT2D eigenvalue weighted by Gasteiger charge is -2.22. The highest BCUT2D eigenvalue weighted by atomic mass is 32.2. The van der Waals surface area contributed by atoms with Gasteiger partial charge < -0.3 is 30.2 Å². The zero-order valence-corrected chi connectivity index (χ0v) is 24.5. The number of amidine groups is 1. The highest BCUT2D eigenvalue weighted by Crippen LogP contribution is 2.41. The van der Waals surface area contributed by atoms with Crippen LogP contribution >= 0.6 is 11.8 Å². The minimum Gasteiger partial charge on any atom is -0.504 e. The number of nitrogen functional groups attached to an aromatic ring is 1. The van der Waals surface area contributed by atoms with Gasteiger partial charge in [0, 0.05) is 35.0 Å². The largest absolute Gasteiger partial charge is 0.504 e. The zero-order chi connectivity index (χ0) is 32.2.